The molecular weight excluding hydrogens is 286 g/mol. The highest BCUT2D eigenvalue weighted by Crippen LogP contribution is 2.42. The molecule has 2 aromatic heterocycles. The lowest BCUT2D eigenvalue weighted by atomic mass is 10.1. The number of furan rings is 1. The highest BCUT2D eigenvalue weighted by molar-refractivity contribution is 6.09. The molecule has 3 heterocycles. The van der Waals surface area contributed by atoms with E-state index in [1.165, 1.54) is 5.56 Å². The summed E-state index contributed by atoms with van der Waals surface area (Å²) in [5.74, 6) is 0. The number of hydrogen-bond acceptors (Lipinski definition) is 4. The number of pyridine rings is 1. The standard InChI is InChI=1S/C19H21N3O/c1-5-21-10-11-22(19(21,3)4)17-13(2)6-7-14-15-12-20-9-8-16(15)23-18(14)17/h6-12H,5H2,1-4H3. The van der Waals surface area contributed by atoms with Gasteiger partial charge in [-0.2, -0.15) is 0 Å². The first-order chi connectivity index (χ1) is 11.0. The van der Waals surface area contributed by atoms with E-state index in [1.807, 2.05) is 12.3 Å². The van der Waals surface area contributed by atoms with E-state index in [1.54, 1.807) is 6.20 Å². The molecule has 0 saturated carbocycles. The van der Waals surface area contributed by atoms with Crippen LogP contribution in [0.5, 0.6) is 0 Å². The van der Waals surface area contributed by atoms with E-state index in [0.29, 0.717) is 0 Å². The van der Waals surface area contributed by atoms with Crippen molar-refractivity contribution in [1.29, 1.82) is 0 Å². The first-order valence-electron chi connectivity index (χ1n) is 8.04. The van der Waals surface area contributed by atoms with E-state index >= 15 is 0 Å². The van der Waals surface area contributed by atoms with Crippen LogP contribution in [0.3, 0.4) is 0 Å². The van der Waals surface area contributed by atoms with Crippen molar-refractivity contribution in [2.75, 3.05) is 11.4 Å². The molecule has 4 nitrogen and oxygen atoms in total. The van der Waals surface area contributed by atoms with Crippen molar-refractivity contribution in [1.82, 2.24) is 9.88 Å². The van der Waals surface area contributed by atoms with Crippen LogP contribution < -0.4 is 4.90 Å². The maximum atomic E-state index is 6.20. The third-order valence-corrected chi connectivity index (χ3v) is 4.89. The third kappa shape index (κ3) is 1.87. The number of nitrogens with zero attached hydrogens (tertiary/aromatic N) is 3. The van der Waals surface area contributed by atoms with Crippen LogP contribution in [0.25, 0.3) is 21.9 Å². The number of rotatable bonds is 2. The fourth-order valence-electron chi connectivity index (χ4n) is 3.56. The molecule has 0 saturated heterocycles. The number of fused-ring (bicyclic) bond motifs is 3. The number of hydrogen-bond donors (Lipinski definition) is 0. The second-order valence-corrected chi connectivity index (χ2v) is 6.53. The summed E-state index contributed by atoms with van der Waals surface area (Å²) >= 11 is 0. The monoisotopic (exact) mass is 307 g/mol. The fourth-order valence-corrected chi connectivity index (χ4v) is 3.56. The van der Waals surface area contributed by atoms with Gasteiger partial charge in [0.15, 0.2) is 5.58 Å². The van der Waals surface area contributed by atoms with Gasteiger partial charge in [-0.05, 0) is 39.3 Å². The average Bonchev–Trinajstić information content (AvgIpc) is 3.04. The molecule has 0 unspecified atom stereocenters. The van der Waals surface area contributed by atoms with Crippen LogP contribution in [0.15, 0.2) is 47.4 Å². The Morgan fingerprint density at radius 2 is 1.96 bits per heavy atom. The minimum absolute atomic E-state index is 0.120. The van der Waals surface area contributed by atoms with Crippen molar-refractivity contribution in [2.45, 2.75) is 33.4 Å². The minimum atomic E-state index is -0.120. The molecule has 0 atom stereocenters. The topological polar surface area (TPSA) is 32.5 Å². The van der Waals surface area contributed by atoms with Crippen molar-refractivity contribution in [2.24, 2.45) is 0 Å². The molecule has 0 aliphatic carbocycles. The molecule has 1 aliphatic heterocycles. The Balaban J connectivity index is 2.00. The molecule has 0 amide bonds. The van der Waals surface area contributed by atoms with Crippen LogP contribution in [-0.2, 0) is 0 Å². The van der Waals surface area contributed by atoms with Gasteiger partial charge in [0.05, 0.1) is 5.69 Å². The first kappa shape index (κ1) is 14.1. The van der Waals surface area contributed by atoms with E-state index in [-0.39, 0.29) is 5.66 Å². The van der Waals surface area contributed by atoms with Crippen molar-refractivity contribution in [3.63, 3.8) is 0 Å². The van der Waals surface area contributed by atoms with Crippen LogP contribution in [-0.4, -0.2) is 22.1 Å². The van der Waals surface area contributed by atoms with Gasteiger partial charge in [-0.15, -0.1) is 0 Å². The van der Waals surface area contributed by atoms with Crippen molar-refractivity contribution >= 4 is 27.6 Å². The Morgan fingerprint density at radius 1 is 1.13 bits per heavy atom. The minimum Gasteiger partial charge on any atom is -0.454 e. The molecule has 1 aliphatic rings. The zero-order chi connectivity index (χ0) is 16.2. The van der Waals surface area contributed by atoms with Gasteiger partial charge in [-0.3, -0.25) is 4.98 Å². The van der Waals surface area contributed by atoms with Crippen LogP contribution in [0.2, 0.25) is 0 Å². The maximum Gasteiger partial charge on any atom is 0.159 e. The van der Waals surface area contributed by atoms with Crippen molar-refractivity contribution < 1.29 is 4.42 Å². The molecule has 23 heavy (non-hydrogen) atoms. The number of anilines is 1. The fraction of sp³-hybridized carbons (Fsp3) is 0.316. The van der Waals surface area contributed by atoms with E-state index in [0.717, 1.165) is 34.2 Å². The SMILES string of the molecule is CCN1C=CN(c2c(C)ccc3c2oc2ccncc23)C1(C)C. The summed E-state index contributed by atoms with van der Waals surface area (Å²) in [7, 11) is 0. The van der Waals surface area contributed by atoms with E-state index in [4.69, 9.17) is 4.42 Å². The lowest BCUT2D eigenvalue weighted by Gasteiger charge is -2.40. The summed E-state index contributed by atoms with van der Waals surface area (Å²) in [6, 6.07) is 6.22. The van der Waals surface area contributed by atoms with Crippen LogP contribution in [0.1, 0.15) is 26.3 Å². The predicted molar refractivity (Wildman–Crippen MR) is 94.3 cm³/mol. The lowest BCUT2D eigenvalue weighted by Crippen LogP contribution is -2.48. The van der Waals surface area contributed by atoms with Crippen LogP contribution >= 0.6 is 0 Å². The normalized spacial score (nSPS) is 16.9. The van der Waals surface area contributed by atoms with Gasteiger partial charge in [0.25, 0.3) is 0 Å². The summed E-state index contributed by atoms with van der Waals surface area (Å²) in [6.45, 7) is 9.76. The van der Waals surface area contributed by atoms with E-state index < -0.39 is 0 Å². The summed E-state index contributed by atoms with van der Waals surface area (Å²) in [5.41, 5.74) is 4.04. The summed E-state index contributed by atoms with van der Waals surface area (Å²) in [6.07, 6.45) is 7.96. The Morgan fingerprint density at radius 3 is 2.70 bits per heavy atom. The lowest BCUT2D eigenvalue weighted by molar-refractivity contribution is 0.220. The van der Waals surface area contributed by atoms with Gasteiger partial charge in [0.2, 0.25) is 0 Å². The Labute approximate surface area is 136 Å². The second-order valence-electron chi connectivity index (χ2n) is 6.53. The highest BCUT2D eigenvalue weighted by Gasteiger charge is 2.36. The largest absolute Gasteiger partial charge is 0.454 e. The molecule has 4 heteroatoms. The Hall–Kier alpha value is -2.49. The van der Waals surface area contributed by atoms with Crippen molar-refractivity contribution in [3.05, 3.63) is 48.6 Å². The molecule has 0 radical (unpaired) electrons. The summed E-state index contributed by atoms with van der Waals surface area (Å²) < 4.78 is 6.20. The molecule has 1 aromatic carbocycles. The van der Waals surface area contributed by atoms with Gasteiger partial charge in [0, 0.05) is 42.1 Å². The molecular formula is C19H21N3O. The molecule has 0 fully saturated rings. The van der Waals surface area contributed by atoms with E-state index in [9.17, 15) is 0 Å². The molecule has 4 rings (SSSR count). The maximum absolute atomic E-state index is 6.20. The zero-order valence-electron chi connectivity index (χ0n) is 14.0. The Kier molecular flexibility index (Phi) is 2.92. The van der Waals surface area contributed by atoms with Crippen LogP contribution in [0.4, 0.5) is 5.69 Å². The third-order valence-electron chi connectivity index (χ3n) is 4.89. The first-order valence-corrected chi connectivity index (χ1v) is 8.04. The quantitative estimate of drug-likeness (QED) is 0.690. The predicted octanol–water partition coefficient (Wildman–Crippen LogP) is 4.64. The van der Waals surface area contributed by atoms with Gasteiger partial charge in [-0.25, -0.2) is 0 Å². The van der Waals surface area contributed by atoms with Crippen LogP contribution in [0, 0.1) is 6.92 Å². The zero-order valence-corrected chi connectivity index (χ0v) is 14.0. The molecule has 0 N–H and O–H groups in total. The number of benzene rings is 1. The number of aromatic nitrogens is 1. The smallest absolute Gasteiger partial charge is 0.159 e. The summed E-state index contributed by atoms with van der Waals surface area (Å²) in [5, 5.41) is 2.19. The van der Waals surface area contributed by atoms with Gasteiger partial charge < -0.3 is 14.2 Å². The summed E-state index contributed by atoms with van der Waals surface area (Å²) in [4.78, 5) is 8.88. The Bertz CT molecular complexity index is 923. The molecule has 0 bridgehead atoms. The molecule has 118 valence electrons. The number of aryl methyl sites for hydroxylation is 1. The van der Waals surface area contributed by atoms with Gasteiger partial charge in [-0.1, -0.05) is 12.1 Å². The highest BCUT2D eigenvalue weighted by atomic mass is 16.3. The molecule has 0 spiro atoms. The van der Waals surface area contributed by atoms with Gasteiger partial charge in [0.1, 0.15) is 11.2 Å². The second kappa shape index (κ2) is 4.75. The average molecular weight is 307 g/mol. The van der Waals surface area contributed by atoms with Crippen molar-refractivity contribution in [3.8, 4) is 0 Å². The van der Waals surface area contributed by atoms with E-state index in [2.05, 4.69) is 67.0 Å². The van der Waals surface area contributed by atoms with Gasteiger partial charge >= 0.3 is 0 Å². The molecule has 3 aromatic rings.